The normalized spacial score (nSPS) is 17.0. The van der Waals surface area contributed by atoms with Crippen molar-refractivity contribution >= 4 is 29.9 Å². The zero-order valence-electron chi connectivity index (χ0n) is 18.8. The second kappa shape index (κ2) is 14.0. The van der Waals surface area contributed by atoms with E-state index in [1.165, 1.54) is 31.5 Å². The van der Waals surface area contributed by atoms with Crippen LogP contribution >= 0.6 is 24.0 Å². The largest absolute Gasteiger partial charge is 0.496 e. The summed E-state index contributed by atoms with van der Waals surface area (Å²) < 4.78 is 5.55. The number of guanidine groups is 1. The molecule has 29 heavy (non-hydrogen) atoms. The van der Waals surface area contributed by atoms with Gasteiger partial charge in [-0.1, -0.05) is 25.1 Å². The van der Waals surface area contributed by atoms with Gasteiger partial charge < -0.3 is 25.2 Å². The fourth-order valence-electron chi connectivity index (χ4n) is 3.72. The predicted octanol–water partition coefficient (Wildman–Crippen LogP) is 3.20. The molecule has 2 rings (SSSR count). The molecule has 1 saturated heterocycles. The molecule has 166 valence electrons. The number of methoxy groups -OCH3 is 1. The maximum absolute atomic E-state index is 5.55. The van der Waals surface area contributed by atoms with Gasteiger partial charge in [0.2, 0.25) is 0 Å². The summed E-state index contributed by atoms with van der Waals surface area (Å²) in [7, 11) is 7.74. The number of para-hydroxylation sites is 1. The Bertz CT molecular complexity index is 603. The van der Waals surface area contributed by atoms with Gasteiger partial charge in [-0.2, -0.15) is 0 Å². The molecule has 6 nitrogen and oxygen atoms in total. The summed E-state index contributed by atoms with van der Waals surface area (Å²) in [5.74, 6) is 2.67. The average Bonchev–Trinajstić information content (AvgIpc) is 2.71. The van der Waals surface area contributed by atoms with Crippen LogP contribution in [0, 0.1) is 5.92 Å². The molecule has 0 saturated carbocycles. The summed E-state index contributed by atoms with van der Waals surface area (Å²) in [6, 6.07) is 8.40. The lowest BCUT2D eigenvalue weighted by atomic mass is 9.99. The standard InChI is InChI=1S/C22H39N5O.HI/c1-18-11-15-27(16-12-18)14-8-13-24-22(23-2)25-17-20(26(3)4)19-9-6-7-10-21(19)28-5;/h6-7,9-10,18,20H,8,11-17H2,1-5H3,(H2,23,24,25);1H. The van der Waals surface area contributed by atoms with Crippen LogP contribution in [0.15, 0.2) is 29.3 Å². The van der Waals surface area contributed by atoms with Crippen LogP contribution in [-0.4, -0.2) is 76.7 Å². The highest BCUT2D eigenvalue weighted by atomic mass is 127. The van der Waals surface area contributed by atoms with E-state index in [4.69, 9.17) is 4.74 Å². The minimum atomic E-state index is 0. The van der Waals surface area contributed by atoms with Crippen LogP contribution in [-0.2, 0) is 0 Å². The van der Waals surface area contributed by atoms with Gasteiger partial charge in [-0.25, -0.2) is 0 Å². The van der Waals surface area contributed by atoms with Crippen LogP contribution in [0.3, 0.4) is 0 Å². The van der Waals surface area contributed by atoms with E-state index in [2.05, 4.69) is 58.6 Å². The van der Waals surface area contributed by atoms with E-state index in [-0.39, 0.29) is 30.0 Å². The highest BCUT2D eigenvalue weighted by Crippen LogP contribution is 2.27. The summed E-state index contributed by atoms with van der Waals surface area (Å²) >= 11 is 0. The van der Waals surface area contributed by atoms with Gasteiger partial charge in [-0.3, -0.25) is 4.99 Å². The summed E-state index contributed by atoms with van der Waals surface area (Å²) in [5.41, 5.74) is 1.18. The summed E-state index contributed by atoms with van der Waals surface area (Å²) in [6.45, 7) is 7.72. The quantitative estimate of drug-likeness (QED) is 0.228. The van der Waals surface area contributed by atoms with Gasteiger partial charge in [-0.05, 0) is 65.0 Å². The third kappa shape index (κ3) is 8.68. The molecule has 1 aromatic carbocycles. The molecule has 0 amide bonds. The molecular weight excluding hydrogens is 477 g/mol. The first-order valence-corrected chi connectivity index (χ1v) is 10.5. The van der Waals surface area contributed by atoms with E-state index in [9.17, 15) is 0 Å². The van der Waals surface area contributed by atoms with Gasteiger partial charge >= 0.3 is 0 Å². The van der Waals surface area contributed by atoms with Crippen LogP contribution in [0.5, 0.6) is 5.75 Å². The van der Waals surface area contributed by atoms with Crippen molar-refractivity contribution < 1.29 is 4.74 Å². The van der Waals surface area contributed by atoms with Gasteiger partial charge in [0.05, 0.1) is 13.2 Å². The molecule has 1 aliphatic rings. The average molecular weight is 518 g/mol. The van der Waals surface area contributed by atoms with Gasteiger partial charge in [0.25, 0.3) is 0 Å². The fourth-order valence-corrected chi connectivity index (χ4v) is 3.72. The molecule has 0 bridgehead atoms. The molecule has 7 heteroatoms. The van der Waals surface area contributed by atoms with Gasteiger partial charge in [0.15, 0.2) is 5.96 Å². The number of ether oxygens (including phenoxy) is 1. The zero-order chi connectivity index (χ0) is 20.4. The number of nitrogens with zero attached hydrogens (tertiary/aromatic N) is 3. The Morgan fingerprint density at radius 2 is 1.93 bits per heavy atom. The Hall–Kier alpha value is -1.06. The molecule has 0 aromatic heterocycles. The summed E-state index contributed by atoms with van der Waals surface area (Å²) in [4.78, 5) is 9.17. The SMILES string of the molecule is CN=C(NCCCN1CCC(C)CC1)NCC(c1ccccc1OC)N(C)C.I. The van der Waals surface area contributed by atoms with Crippen LogP contribution < -0.4 is 15.4 Å². The lowest BCUT2D eigenvalue weighted by Crippen LogP contribution is -2.43. The Morgan fingerprint density at radius 3 is 2.55 bits per heavy atom. The number of likely N-dealkylation sites (N-methyl/N-ethyl adjacent to an activating group) is 1. The molecule has 0 spiro atoms. The van der Waals surface area contributed by atoms with Gasteiger partial charge in [-0.15, -0.1) is 24.0 Å². The summed E-state index contributed by atoms with van der Waals surface area (Å²) in [6.07, 6.45) is 3.82. The number of likely N-dealkylation sites (tertiary alicyclic amines) is 1. The number of rotatable bonds is 9. The van der Waals surface area contributed by atoms with Gasteiger partial charge in [0.1, 0.15) is 5.75 Å². The molecule has 1 aromatic rings. The molecule has 0 radical (unpaired) electrons. The van der Waals surface area contributed by atoms with Crippen molar-refractivity contribution in [2.75, 3.05) is 61.0 Å². The topological polar surface area (TPSA) is 52.1 Å². The Morgan fingerprint density at radius 1 is 1.24 bits per heavy atom. The smallest absolute Gasteiger partial charge is 0.191 e. The number of halogens is 1. The lowest BCUT2D eigenvalue weighted by Gasteiger charge is -2.30. The number of nitrogens with one attached hydrogen (secondary N) is 2. The van der Waals surface area contributed by atoms with E-state index in [0.29, 0.717) is 0 Å². The number of hydrogen-bond acceptors (Lipinski definition) is 4. The number of benzene rings is 1. The highest BCUT2D eigenvalue weighted by Gasteiger charge is 2.18. The number of aliphatic imine (C=N–C) groups is 1. The van der Waals surface area contributed by atoms with Gasteiger partial charge in [0, 0.05) is 25.7 Å². The minimum absolute atomic E-state index is 0. The predicted molar refractivity (Wildman–Crippen MR) is 134 cm³/mol. The van der Waals surface area contributed by atoms with E-state index in [1.54, 1.807) is 7.11 Å². The van der Waals surface area contributed by atoms with Crippen molar-refractivity contribution in [3.8, 4) is 5.75 Å². The van der Waals surface area contributed by atoms with Crippen LogP contribution in [0.2, 0.25) is 0 Å². The monoisotopic (exact) mass is 517 g/mol. The Labute approximate surface area is 194 Å². The van der Waals surface area contributed by atoms with Crippen molar-refractivity contribution in [1.82, 2.24) is 20.4 Å². The maximum atomic E-state index is 5.55. The van der Waals surface area contributed by atoms with Crippen molar-refractivity contribution in [3.05, 3.63) is 29.8 Å². The maximum Gasteiger partial charge on any atom is 0.191 e. The molecule has 1 aliphatic heterocycles. The Balaban J connectivity index is 0.00000420. The molecule has 1 heterocycles. The van der Waals surface area contributed by atoms with Crippen molar-refractivity contribution in [2.24, 2.45) is 10.9 Å². The highest BCUT2D eigenvalue weighted by molar-refractivity contribution is 14.0. The number of piperidine rings is 1. The first kappa shape index (κ1) is 26.0. The first-order valence-electron chi connectivity index (χ1n) is 10.5. The van der Waals surface area contributed by atoms with Crippen LogP contribution in [0.4, 0.5) is 0 Å². The second-order valence-corrected chi connectivity index (χ2v) is 7.98. The Kier molecular flexibility index (Phi) is 12.6. The van der Waals surface area contributed by atoms with E-state index in [1.807, 2.05) is 19.2 Å². The van der Waals surface area contributed by atoms with E-state index < -0.39 is 0 Å². The van der Waals surface area contributed by atoms with Crippen molar-refractivity contribution in [1.29, 1.82) is 0 Å². The van der Waals surface area contributed by atoms with Crippen LogP contribution in [0.25, 0.3) is 0 Å². The molecule has 2 N–H and O–H groups in total. The molecule has 1 atom stereocenters. The first-order chi connectivity index (χ1) is 13.5. The third-order valence-electron chi connectivity index (χ3n) is 5.63. The second-order valence-electron chi connectivity index (χ2n) is 7.98. The summed E-state index contributed by atoms with van der Waals surface area (Å²) in [5, 5.41) is 6.93. The lowest BCUT2D eigenvalue weighted by molar-refractivity contribution is 0.191. The fraction of sp³-hybridized carbons (Fsp3) is 0.682. The zero-order valence-corrected chi connectivity index (χ0v) is 21.1. The third-order valence-corrected chi connectivity index (χ3v) is 5.63. The molecular formula is C22H40IN5O. The van der Waals surface area contributed by atoms with E-state index >= 15 is 0 Å². The number of hydrogen-bond donors (Lipinski definition) is 2. The van der Waals surface area contributed by atoms with Crippen molar-refractivity contribution in [3.63, 3.8) is 0 Å². The molecule has 1 unspecified atom stereocenters. The van der Waals surface area contributed by atoms with Crippen LogP contribution in [0.1, 0.15) is 37.8 Å². The van der Waals surface area contributed by atoms with Crippen molar-refractivity contribution in [2.45, 2.75) is 32.2 Å². The minimum Gasteiger partial charge on any atom is -0.496 e. The molecule has 0 aliphatic carbocycles. The van der Waals surface area contributed by atoms with E-state index in [0.717, 1.165) is 43.7 Å². The molecule has 1 fully saturated rings.